The Kier molecular flexibility index (Phi) is 7.11. The third-order valence-electron chi connectivity index (χ3n) is 3.35. The topological polar surface area (TPSA) is 68.0 Å². The first kappa shape index (κ1) is 15.6. The van der Waals surface area contributed by atoms with Crippen molar-refractivity contribution in [3.05, 3.63) is 24.0 Å². The molecule has 1 heterocycles. The maximum atomic E-state index is 11.9. The number of nitrogens with one attached hydrogen (secondary N) is 1. The van der Waals surface area contributed by atoms with Crippen molar-refractivity contribution in [1.29, 1.82) is 0 Å². The molecule has 0 saturated heterocycles. The molecule has 4 nitrogen and oxygen atoms in total. The van der Waals surface area contributed by atoms with Crippen LogP contribution in [0.2, 0.25) is 0 Å². The highest BCUT2D eigenvalue weighted by molar-refractivity contribution is 5.91. The van der Waals surface area contributed by atoms with Crippen LogP contribution in [0.3, 0.4) is 0 Å². The number of pyridine rings is 1. The van der Waals surface area contributed by atoms with E-state index in [1.165, 1.54) is 0 Å². The number of hydrogen-bond donors (Lipinski definition) is 2. The van der Waals surface area contributed by atoms with Crippen molar-refractivity contribution in [3.8, 4) is 0 Å². The lowest BCUT2D eigenvalue weighted by Crippen LogP contribution is -2.16. The standard InChI is InChI=1S/C15H25N3O/c1-3-4-13(7-9-16)5-6-15(19)18-14-8-10-17-11-12(14)2/h8,10-11,13H,3-7,9,16H2,1-2H3,(H,17,18,19). The lowest BCUT2D eigenvalue weighted by atomic mass is 9.94. The molecule has 3 N–H and O–H groups in total. The second-order valence-corrected chi connectivity index (χ2v) is 5.01. The first-order chi connectivity index (χ1) is 9.17. The summed E-state index contributed by atoms with van der Waals surface area (Å²) in [5, 5.41) is 2.94. The van der Waals surface area contributed by atoms with Gasteiger partial charge in [-0.3, -0.25) is 9.78 Å². The molecule has 106 valence electrons. The Bertz CT molecular complexity index is 387. The smallest absolute Gasteiger partial charge is 0.224 e. The van der Waals surface area contributed by atoms with Gasteiger partial charge in [0.25, 0.3) is 0 Å². The molecule has 0 fully saturated rings. The molecule has 0 aliphatic rings. The number of amides is 1. The van der Waals surface area contributed by atoms with Crippen molar-refractivity contribution < 1.29 is 4.79 Å². The molecular formula is C15H25N3O. The highest BCUT2D eigenvalue weighted by Crippen LogP contribution is 2.18. The first-order valence-corrected chi connectivity index (χ1v) is 7.07. The first-order valence-electron chi connectivity index (χ1n) is 7.07. The molecule has 0 bridgehead atoms. The van der Waals surface area contributed by atoms with Crippen molar-refractivity contribution in [3.63, 3.8) is 0 Å². The summed E-state index contributed by atoms with van der Waals surface area (Å²) in [6, 6.07) is 1.83. The summed E-state index contributed by atoms with van der Waals surface area (Å²) in [5.74, 6) is 0.645. The molecule has 1 aromatic rings. The molecule has 1 aromatic heterocycles. The minimum absolute atomic E-state index is 0.0763. The highest BCUT2D eigenvalue weighted by Gasteiger charge is 2.10. The van der Waals surface area contributed by atoms with Crippen molar-refractivity contribution in [1.82, 2.24) is 4.98 Å². The van der Waals surface area contributed by atoms with E-state index < -0.39 is 0 Å². The molecule has 0 saturated carbocycles. The largest absolute Gasteiger partial charge is 0.330 e. The molecule has 0 aliphatic heterocycles. The Hall–Kier alpha value is -1.42. The van der Waals surface area contributed by atoms with E-state index >= 15 is 0 Å². The van der Waals surface area contributed by atoms with Gasteiger partial charge in [0.2, 0.25) is 5.91 Å². The van der Waals surface area contributed by atoms with Crippen LogP contribution in [0.15, 0.2) is 18.5 Å². The number of hydrogen-bond acceptors (Lipinski definition) is 3. The Morgan fingerprint density at radius 3 is 2.84 bits per heavy atom. The zero-order valence-corrected chi connectivity index (χ0v) is 12.0. The number of anilines is 1. The lowest BCUT2D eigenvalue weighted by molar-refractivity contribution is -0.116. The second-order valence-electron chi connectivity index (χ2n) is 5.01. The Morgan fingerprint density at radius 1 is 1.42 bits per heavy atom. The van der Waals surface area contributed by atoms with Crippen molar-refractivity contribution >= 4 is 11.6 Å². The normalized spacial score (nSPS) is 12.2. The summed E-state index contributed by atoms with van der Waals surface area (Å²) < 4.78 is 0. The van der Waals surface area contributed by atoms with E-state index in [-0.39, 0.29) is 5.91 Å². The van der Waals surface area contributed by atoms with Gasteiger partial charge >= 0.3 is 0 Å². The predicted octanol–water partition coefficient (Wildman–Crippen LogP) is 2.87. The lowest BCUT2D eigenvalue weighted by Gasteiger charge is -2.15. The molecule has 0 aromatic carbocycles. The molecule has 0 aliphatic carbocycles. The molecule has 1 rings (SSSR count). The van der Waals surface area contributed by atoms with Crippen LogP contribution in [0.4, 0.5) is 5.69 Å². The average molecular weight is 263 g/mol. The number of aromatic nitrogens is 1. The van der Waals surface area contributed by atoms with Gasteiger partial charge in [0.1, 0.15) is 0 Å². The SMILES string of the molecule is CCCC(CCN)CCC(=O)Nc1ccncc1C. The number of rotatable bonds is 8. The Balaban J connectivity index is 2.40. The summed E-state index contributed by atoms with van der Waals surface area (Å²) in [7, 11) is 0. The van der Waals surface area contributed by atoms with Gasteiger partial charge in [-0.15, -0.1) is 0 Å². The molecule has 1 atom stereocenters. The van der Waals surface area contributed by atoms with Gasteiger partial charge in [0.15, 0.2) is 0 Å². The highest BCUT2D eigenvalue weighted by atomic mass is 16.1. The zero-order valence-electron chi connectivity index (χ0n) is 12.0. The number of aryl methyl sites for hydroxylation is 1. The average Bonchev–Trinajstić information content (AvgIpc) is 2.39. The van der Waals surface area contributed by atoms with Crippen LogP contribution in [0.5, 0.6) is 0 Å². The fraction of sp³-hybridized carbons (Fsp3) is 0.600. The Morgan fingerprint density at radius 2 is 2.21 bits per heavy atom. The molecular weight excluding hydrogens is 238 g/mol. The van der Waals surface area contributed by atoms with Crippen LogP contribution >= 0.6 is 0 Å². The summed E-state index contributed by atoms with van der Waals surface area (Å²) in [4.78, 5) is 15.9. The van der Waals surface area contributed by atoms with Crippen molar-refractivity contribution in [2.75, 3.05) is 11.9 Å². The molecule has 19 heavy (non-hydrogen) atoms. The minimum Gasteiger partial charge on any atom is -0.330 e. The number of carbonyl (C=O) groups is 1. The fourth-order valence-electron chi connectivity index (χ4n) is 2.24. The number of carbonyl (C=O) groups excluding carboxylic acids is 1. The molecule has 0 radical (unpaired) electrons. The van der Waals surface area contributed by atoms with E-state index in [1.54, 1.807) is 12.4 Å². The van der Waals surface area contributed by atoms with Crippen LogP contribution in [0, 0.1) is 12.8 Å². The van der Waals surface area contributed by atoms with Crippen LogP contribution in [0.1, 0.15) is 44.6 Å². The number of nitrogens with zero attached hydrogens (tertiary/aromatic N) is 1. The van der Waals surface area contributed by atoms with E-state index in [4.69, 9.17) is 5.73 Å². The molecule has 0 spiro atoms. The van der Waals surface area contributed by atoms with Gasteiger partial charge < -0.3 is 11.1 Å². The third kappa shape index (κ3) is 5.83. The number of nitrogens with two attached hydrogens (primary N) is 1. The monoisotopic (exact) mass is 263 g/mol. The van der Waals surface area contributed by atoms with Gasteiger partial charge in [-0.2, -0.15) is 0 Å². The van der Waals surface area contributed by atoms with Gasteiger partial charge in [-0.05, 0) is 43.9 Å². The van der Waals surface area contributed by atoms with E-state index in [0.717, 1.165) is 36.9 Å². The quantitative estimate of drug-likeness (QED) is 0.757. The molecule has 4 heteroatoms. The van der Waals surface area contributed by atoms with Crippen LogP contribution in [0.25, 0.3) is 0 Å². The summed E-state index contributed by atoms with van der Waals surface area (Å²) >= 11 is 0. The maximum Gasteiger partial charge on any atom is 0.224 e. The summed E-state index contributed by atoms with van der Waals surface area (Å²) in [6.07, 6.45) is 8.23. The van der Waals surface area contributed by atoms with E-state index in [2.05, 4.69) is 17.2 Å². The van der Waals surface area contributed by atoms with Crippen LogP contribution in [-0.2, 0) is 4.79 Å². The van der Waals surface area contributed by atoms with E-state index in [0.29, 0.717) is 18.9 Å². The maximum absolute atomic E-state index is 11.9. The summed E-state index contributed by atoms with van der Waals surface area (Å²) in [6.45, 7) is 4.82. The van der Waals surface area contributed by atoms with Crippen molar-refractivity contribution in [2.24, 2.45) is 11.7 Å². The summed E-state index contributed by atoms with van der Waals surface area (Å²) in [5.41, 5.74) is 7.44. The fourth-order valence-corrected chi connectivity index (χ4v) is 2.24. The zero-order chi connectivity index (χ0) is 14.1. The van der Waals surface area contributed by atoms with Gasteiger partial charge in [-0.1, -0.05) is 19.8 Å². The molecule has 1 unspecified atom stereocenters. The van der Waals surface area contributed by atoms with Crippen molar-refractivity contribution in [2.45, 2.75) is 46.0 Å². The third-order valence-corrected chi connectivity index (χ3v) is 3.35. The van der Waals surface area contributed by atoms with E-state index in [9.17, 15) is 4.79 Å². The van der Waals surface area contributed by atoms with Gasteiger partial charge in [0.05, 0.1) is 0 Å². The predicted molar refractivity (Wildman–Crippen MR) is 78.9 cm³/mol. The van der Waals surface area contributed by atoms with Crippen LogP contribution < -0.4 is 11.1 Å². The van der Waals surface area contributed by atoms with Crippen LogP contribution in [-0.4, -0.2) is 17.4 Å². The minimum atomic E-state index is 0.0763. The van der Waals surface area contributed by atoms with E-state index in [1.807, 2.05) is 13.0 Å². The van der Waals surface area contributed by atoms with Gasteiger partial charge in [0, 0.05) is 24.5 Å². The van der Waals surface area contributed by atoms with Gasteiger partial charge in [-0.25, -0.2) is 0 Å². The second kappa shape index (κ2) is 8.64. The Labute approximate surface area is 115 Å². The molecule has 1 amide bonds.